The Kier molecular flexibility index (Phi) is 5.50. The lowest BCUT2D eigenvalue weighted by Gasteiger charge is -2.34. The molecule has 5 heteroatoms. The predicted octanol–water partition coefficient (Wildman–Crippen LogP) is 3.85. The van der Waals surface area contributed by atoms with Crippen LogP contribution < -0.4 is 5.32 Å². The smallest absolute Gasteiger partial charge is 0.410 e. The Morgan fingerprint density at radius 2 is 2.18 bits per heavy atom. The molecule has 2 rings (SSSR count). The molecule has 0 bridgehead atoms. The molecule has 0 saturated carbocycles. The van der Waals surface area contributed by atoms with E-state index in [0.717, 1.165) is 32.5 Å². The number of likely N-dealkylation sites (tertiary alicyclic amines) is 1. The Morgan fingerprint density at radius 3 is 2.77 bits per heavy atom. The van der Waals surface area contributed by atoms with Crippen molar-refractivity contribution in [1.82, 2.24) is 10.2 Å². The topological polar surface area (TPSA) is 41.6 Å². The number of hydrogen-bond acceptors (Lipinski definition) is 4. The van der Waals surface area contributed by atoms with E-state index in [9.17, 15) is 4.79 Å². The van der Waals surface area contributed by atoms with Gasteiger partial charge in [0.25, 0.3) is 0 Å². The zero-order valence-corrected chi connectivity index (χ0v) is 15.2. The molecule has 1 amide bonds. The van der Waals surface area contributed by atoms with Crippen molar-refractivity contribution in [3.05, 3.63) is 21.4 Å². The number of carbonyl (C=O) groups is 1. The molecule has 1 aromatic rings. The fourth-order valence-electron chi connectivity index (χ4n) is 2.75. The van der Waals surface area contributed by atoms with Crippen LogP contribution in [0.5, 0.6) is 0 Å². The van der Waals surface area contributed by atoms with Gasteiger partial charge in [0, 0.05) is 35.4 Å². The number of nitrogens with one attached hydrogen (secondary N) is 1. The van der Waals surface area contributed by atoms with Gasteiger partial charge in [-0.25, -0.2) is 4.79 Å². The first-order valence-electron chi connectivity index (χ1n) is 8.02. The standard InChI is InChI=1S/C17H28N2O2S/c1-12-9-14(13(2)22-12)10-18-15-7-6-8-19(11-15)16(20)21-17(3,4)5/h9,15,18H,6-8,10-11H2,1-5H3. The van der Waals surface area contributed by atoms with Crippen molar-refractivity contribution in [2.24, 2.45) is 0 Å². The van der Waals surface area contributed by atoms with E-state index in [1.165, 1.54) is 15.3 Å². The number of aryl methyl sites for hydroxylation is 2. The number of ether oxygens (including phenoxy) is 1. The second kappa shape index (κ2) is 7.01. The summed E-state index contributed by atoms with van der Waals surface area (Å²) in [5.41, 5.74) is 0.944. The van der Waals surface area contributed by atoms with Crippen LogP contribution in [0.15, 0.2) is 6.07 Å². The number of amides is 1. The van der Waals surface area contributed by atoms with E-state index < -0.39 is 5.60 Å². The van der Waals surface area contributed by atoms with E-state index in [1.54, 1.807) is 0 Å². The summed E-state index contributed by atoms with van der Waals surface area (Å²) in [6.45, 7) is 12.4. The summed E-state index contributed by atoms with van der Waals surface area (Å²) in [5, 5.41) is 3.60. The Bertz CT molecular complexity index is 519. The highest BCUT2D eigenvalue weighted by Gasteiger charge is 2.27. The molecule has 1 saturated heterocycles. The minimum atomic E-state index is -0.428. The minimum absolute atomic E-state index is 0.193. The van der Waals surface area contributed by atoms with E-state index in [2.05, 4.69) is 25.2 Å². The molecule has 22 heavy (non-hydrogen) atoms. The van der Waals surface area contributed by atoms with Crippen LogP contribution in [-0.2, 0) is 11.3 Å². The number of thiophene rings is 1. The molecule has 1 fully saturated rings. The number of nitrogens with zero attached hydrogens (tertiary/aromatic N) is 1. The number of hydrogen-bond donors (Lipinski definition) is 1. The molecule has 0 spiro atoms. The maximum absolute atomic E-state index is 12.2. The molecule has 1 atom stereocenters. The fourth-order valence-corrected chi connectivity index (χ4v) is 3.70. The van der Waals surface area contributed by atoms with Crippen LogP contribution in [0.2, 0.25) is 0 Å². The maximum Gasteiger partial charge on any atom is 0.410 e. The molecular formula is C17H28N2O2S. The Morgan fingerprint density at radius 1 is 1.45 bits per heavy atom. The fraction of sp³-hybridized carbons (Fsp3) is 0.706. The molecular weight excluding hydrogens is 296 g/mol. The molecule has 1 unspecified atom stereocenters. The SMILES string of the molecule is Cc1cc(CNC2CCCN(C(=O)OC(C)(C)C)C2)c(C)s1. The second-order valence-corrected chi connectivity index (χ2v) is 8.55. The van der Waals surface area contributed by atoms with Crippen LogP contribution in [-0.4, -0.2) is 35.7 Å². The van der Waals surface area contributed by atoms with Crippen LogP contribution >= 0.6 is 11.3 Å². The van der Waals surface area contributed by atoms with Gasteiger partial charge in [0.15, 0.2) is 0 Å². The highest BCUT2D eigenvalue weighted by molar-refractivity contribution is 7.12. The van der Waals surface area contributed by atoms with E-state index in [4.69, 9.17) is 4.74 Å². The molecule has 0 aliphatic carbocycles. The highest BCUT2D eigenvalue weighted by Crippen LogP contribution is 2.21. The van der Waals surface area contributed by atoms with E-state index in [1.807, 2.05) is 37.0 Å². The third kappa shape index (κ3) is 4.99. The monoisotopic (exact) mass is 324 g/mol. The van der Waals surface area contributed by atoms with Crippen LogP contribution in [0.4, 0.5) is 4.79 Å². The molecule has 1 aliphatic heterocycles. The molecule has 0 aromatic carbocycles. The zero-order valence-electron chi connectivity index (χ0n) is 14.4. The van der Waals surface area contributed by atoms with Crippen LogP contribution in [0.1, 0.15) is 48.9 Å². The summed E-state index contributed by atoms with van der Waals surface area (Å²) in [6.07, 6.45) is 1.95. The maximum atomic E-state index is 12.2. The lowest BCUT2D eigenvalue weighted by Crippen LogP contribution is -2.49. The van der Waals surface area contributed by atoms with Crippen molar-refractivity contribution in [2.75, 3.05) is 13.1 Å². The summed E-state index contributed by atoms with van der Waals surface area (Å²) >= 11 is 1.84. The molecule has 0 radical (unpaired) electrons. The number of rotatable bonds is 3. The quantitative estimate of drug-likeness (QED) is 0.918. The van der Waals surface area contributed by atoms with Crippen molar-refractivity contribution in [1.29, 1.82) is 0 Å². The molecule has 1 aromatic heterocycles. The minimum Gasteiger partial charge on any atom is -0.444 e. The van der Waals surface area contributed by atoms with Gasteiger partial charge in [-0.15, -0.1) is 11.3 Å². The van der Waals surface area contributed by atoms with E-state index in [-0.39, 0.29) is 6.09 Å². The molecule has 1 aliphatic rings. The first-order chi connectivity index (χ1) is 10.2. The summed E-state index contributed by atoms with van der Waals surface area (Å²) < 4.78 is 5.47. The molecule has 2 heterocycles. The zero-order chi connectivity index (χ0) is 16.3. The lowest BCUT2D eigenvalue weighted by atomic mass is 10.1. The van der Waals surface area contributed by atoms with Gasteiger partial charge in [-0.1, -0.05) is 0 Å². The first-order valence-corrected chi connectivity index (χ1v) is 8.83. The second-order valence-electron chi connectivity index (χ2n) is 7.08. The largest absolute Gasteiger partial charge is 0.444 e. The van der Waals surface area contributed by atoms with Gasteiger partial charge in [0.2, 0.25) is 0 Å². The summed E-state index contributed by atoms with van der Waals surface area (Å²) in [4.78, 5) is 16.7. The van der Waals surface area contributed by atoms with Gasteiger partial charge < -0.3 is 15.0 Å². The molecule has 1 N–H and O–H groups in total. The Balaban J connectivity index is 1.85. The average Bonchev–Trinajstić information content (AvgIpc) is 2.73. The molecule has 4 nitrogen and oxygen atoms in total. The lowest BCUT2D eigenvalue weighted by molar-refractivity contribution is 0.0187. The third-order valence-electron chi connectivity index (χ3n) is 3.80. The van der Waals surface area contributed by atoms with Gasteiger partial charge in [-0.05, 0) is 59.1 Å². The van der Waals surface area contributed by atoms with Gasteiger partial charge >= 0.3 is 6.09 Å². The van der Waals surface area contributed by atoms with Crippen LogP contribution in [0.3, 0.4) is 0 Å². The van der Waals surface area contributed by atoms with Gasteiger partial charge in [-0.2, -0.15) is 0 Å². The highest BCUT2D eigenvalue weighted by atomic mass is 32.1. The average molecular weight is 324 g/mol. The molecule has 124 valence electrons. The van der Waals surface area contributed by atoms with Gasteiger partial charge in [0.05, 0.1) is 0 Å². The van der Waals surface area contributed by atoms with Crippen molar-refractivity contribution in [3.63, 3.8) is 0 Å². The summed E-state index contributed by atoms with van der Waals surface area (Å²) in [5.74, 6) is 0. The van der Waals surface area contributed by atoms with E-state index in [0.29, 0.717) is 6.04 Å². The van der Waals surface area contributed by atoms with Gasteiger partial charge in [0.1, 0.15) is 5.60 Å². The Labute approximate surface area is 137 Å². The Hall–Kier alpha value is -1.07. The third-order valence-corrected chi connectivity index (χ3v) is 4.81. The van der Waals surface area contributed by atoms with Crippen molar-refractivity contribution < 1.29 is 9.53 Å². The number of carbonyl (C=O) groups excluding carboxylic acids is 1. The van der Waals surface area contributed by atoms with E-state index >= 15 is 0 Å². The van der Waals surface area contributed by atoms with Crippen LogP contribution in [0.25, 0.3) is 0 Å². The number of piperidine rings is 1. The van der Waals surface area contributed by atoms with Crippen molar-refractivity contribution in [3.8, 4) is 0 Å². The van der Waals surface area contributed by atoms with Crippen LogP contribution in [0, 0.1) is 13.8 Å². The predicted molar refractivity (Wildman–Crippen MR) is 91.5 cm³/mol. The first kappa shape index (κ1) is 17.3. The van der Waals surface area contributed by atoms with Crippen molar-refractivity contribution in [2.45, 2.75) is 65.6 Å². The summed E-state index contributed by atoms with van der Waals surface area (Å²) in [6, 6.07) is 2.60. The summed E-state index contributed by atoms with van der Waals surface area (Å²) in [7, 11) is 0. The van der Waals surface area contributed by atoms with Crippen molar-refractivity contribution >= 4 is 17.4 Å². The van der Waals surface area contributed by atoms with Gasteiger partial charge in [-0.3, -0.25) is 0 Å². The normalized spacial score (nSPS) is 19.3.